The highest BCUT2D eigenvalue weighted by atomic mass is 35.5. The lowest BCUT2D eigenvalue weighted by Gasteiger charge is -2.36. The van der Waals surface area contributed by atoms with Crippen molar-refractivity contribution in [3.63, 3.8) is 0 Å². The van der Waals surface area contributed by atoms with Crippen LogP contribution in [0.2, 0.25) is 10.0 Å². The minimum atomic E-state index is -4.87. The molecule has 30 heavy (non-hydrogen) atoms. The van der Waals surface area contributed by atoms with Gasteiger partial charge in [-0.05, 0) is 35.9 Å². The molecule has 0 saturated carbocycles. The van der Waals surface area contributed by atoms with Crippen molar-refractivity contribution in [2.45, 2.75) is 12.6 Å². The normalized spacial score (nSPS) is 14.6. The second-order valence-electron chi connectivity index (χ2n) is 6.79. The summed E-state index contributed by atoms with van der Waals surface area (Å²) in [6.45, 7) is 0.357. The van der Waals surface area contributed by atoms with Crippen LogP contribution in [-0.2, 0) is 16.0 Å². The first-order chi connectivity index (χ1) is 14.1. The molecule has 0 atom stereocenters. The zero-order chi connectivity index (χ0) is 21.9. The van der Waals surface area contributed by atoms with Gasteiger partial charge in [-0.25, -0.2) is 0 Å². The quantitative estimate of drug-likeness (QED) is 0.737. The molecule has 2 aromatic rings. The molecule has 10 heteroatoms. The van der Waals surface area contributed by atoms with Crippen LogP contribution >= 0.6 is 23.2 Å². The Kier molecular flexibility index (Phi) is 6.77. The van der Waals surface area contributed by atoms with E-state index in [2.05, 4.69) is 5.32 Å². The SMILES string of the molecule is O=C(Cc1ccc(Cl)cc1)Nc1ccc(N2CCN(C(=O)C(F)(F)F)CC2)c(Cl)c1. The predicted octanol–water partition coefficient (Wildman–Crippen LogP) is 4.39. The minimum Gasteiger partial charge on any atom is -0.367 e. The van der Waals surface area contributed by atoms with Crippen LogP contribution in [-0.4, -0.2) is 49.1 Å². The molecule has 160 valence electrons. The number of nitrogens with one attached hydrogen (secondary N) is 1. The van der Waals surface area contributed by atoms with Gasteiger partial charge in [0.05, 0.1) is 17.1 Å². The third-order valence-electron chi connectivity index (χ3n) is 4.66. The van der Waals surface area contributed by atoms with Crippen molar-refractivity contribution in [1.82, 2.24) is 4.90 Å². The lowest BCUT2D eigenvalue weighted by Crippen LogP contribution is -2.52. The van der Waals surface area contributed by atoms with Gasteiger partial charge in [0.2, 0.25) is 5.91 Å². The van der Waals surface area contributed by atoms with Gasteiger partial charge in [0.25, 0.3) is 0 Å². The molecular weight excluding hydrogens is 442 g/mol. The zero-order valence-electron chi connectivity index (χ0n) is 15.7. The van der Waals surface area contributed by atoms with Gasteiger partial charge in [-0.2, -0.15) is 13.2 Å². The van der Waals surface area contributed by atoms with E-state index >= 15 is 0 Å². The van der Waals surface area contributed by atoms with Gasteiger partial charge in [-0.15, -0.1) is 0 Å². The third-order valence-corrected chi connectivity index (χ3v) is 5.21. The summed E-state index contributed by atoms with van der Waals surface area (Å²) in [5.74, 6) is -2.05. The number of halogens is 5. The lowest BCUT2D eigenvalue weighted by molar-refractivity contribution is -0.185. The van der Waals surface area contributed by atoms with Crippen molar-refractivity contribution in [3.05, 3.63) is 58.1 Å². The first-order valence-corrected chi connectivity index (χ1v) is 9.84. The smallest absolute Gasteiger partial charge is 0.367 e. The number of piperazine rings is 1. The Bertz CT molecular complexity index is 928. The number of rotatable bonds is 4. The second-order valence-corrected chi connectivity index (χ2v) is 7.64. The summed E-state index contributed by atoms with van der Waals surface area (Å²) < 4.78 is 37.7. The lowest BCUT2D eigenvalue weighted by atomic mass is 10.1. The van der Waals surface area contributed by atoms with Crippen molar-refractivity contribution in [3.8, 4) is 0 Å². The fourth-order valence-electron chi connectivity index (χ4n) is 3.16. The third kappa shape index (κ3) is 5.58. The maximum absolute atomic E-state index is 12.6. The molecule has 3 rings (SSSR count). The highest BCUT2D eigenvalue weighted by molar-refractivity contribution is 6.33. The summed E-state index contributed by atoms with van der Waals surface area (Å²) >= 11 is 12.2. The molecule has 1 aliphatic heterocycles. The average Bonchev–Trinajstić information content (AvgIpc) is 2.69. The van der Waals surface area contributed by atoms with Gasteiger partial charge in [0, 0.05) is 36.9 Å². The molecule has 2 aromatic carbocycles. The molecule has 0 bridgehead atoms. The monoisotopic (exact) mass is 459 g/mol. The molecule has 1 saturated heterocycles. The largest absolute Gasteiger partial charge is 0.471 e. The molecule has 0 unspecified atom stereocenters. The first kappa shape index (κ1) is 22.2. The molecule has 0 aromatic heterocycles. The number of alkyl halides is 3. The maximum Gasteiger partial charge on any atom is 0.471 e. The van der Waals surface area contributed by atoms with Crippen LogP contribution in [0, 0.1) is 0 Å². The van der Waals surface area contributed by atoms with E-state index in [1.54, 1.807) is 42.5 Å². The standard InChI is InChI=1S/C20H18Cl2F3N3O2/c21-14-3-1-13(2-4-14)11-18(29)26-15-5-6-17(16(22)12-15)27-7-9-28(10-8-27)19(30)20(23,24)25/h1-6,12H,7-11H2,(H,26,29). The average molecular weight is 460 g/mol. The molecule has 0 spiro atoms. The first-order valence-electron chi connectivity index (χ1n) is 9.08. The minimum absolute atomic E-state index is 0.0474. The summed E-state index contributed by atoms with van der Waals surface area (Å²) in [5, 5.41) is 3.71. The fraction of sp³-hybridized carbons (Fsp3) is 0.300. The molecular formula is C20H18Cl2F3N3O2. The van der Waals surface area contributed by atoms with Gasteiger partial charge >= 0.3 is 12.1 Å². The van der Waals surface area contributed by atoms with E-state index in [0.717, 1.165) is 10.5 Å². The molecule has 0 aliphatic carbocycles. The van der Waals surface area contributed by atoms with Crippen molar-refractivity contribution >= 4 is 46.4 Å². The van der Waals surface area contributed by atoms with Crippen LogP contribution in [0.25, 0.3) is 0 Å². The van der Waals surface area contributed by atoms with Gasteiger partial charge in [-0.3, -0.25) is 9.59 Å². The molecule has 1 fully saturated rings. The van der Waals surface area contributed by atoms with Crippen LogP contribution in [0.5, 0.6) is 0 Å². The molecule has 1 heterocycles. The zero-order valence-corrected chi connectivity index (χ0v) is 17.2. The maximum atomic E-state index is 12.6. The Labute approximate surface area is 181 Å². The van der Waals surface area contributed by atoms with E-state index in [4.69, 9.17) is 23.2 Å². The summed E-state index contributed by atoms with van der Waals surface area (Å²) in [4.78, 5) is 26.1. The number of anilines is 2. The predicted molar refractivity (Wildman–Crippen MR) is 110 cm³/mol. The van der Waals surface area contributed by atoms with E-state index in [1.165, 1.54) is 0 Å². The van der Waals surface area contributed by atoms with E-state index in [9.17, 15) is 22.8 Å². The van der Waals surface area contributed by atoms with Crippen molar-refractivity contribution in [2.24, 2.45) is 0 Å². The highest BCUT2D eigenvalue weighted by Crippen LogP contribution is 2.30. The van der Waals surface area contributed by atoms with Gasteiger partial charge < -0.3 is 15.1 Å². The Balaban J connectivity index is 1.58. The Morgan fingerprint density at radius 2 is 1.60 bits per heavy atom. The number of carbonyl (C=O) groups excluding carboxylic acids is 2. The highest BCUT2D eigenvalue weighted by Gasteiger charge is 2.43. The van der Waals surface area contributed by atoms with E-state index in [0.29, 0.717) is 21.4 Å². The Hall–Kier alpha value is -2.45. The Morgan fingerprint density at radius 3 is 2.17 bits per heavy atom. The molecule has 2 amide bonds. The number of nitrogens with zero attached hydrogens (tertiary/aromatic N) is 2. The van der Waals surface area contributed by atoms with Crippen molar-refractivity contribution in [2.75, 3.05) is 36.4 Å². The van der Waals surface area contributed by atoms with Gasteiger partial charge in [0.15, 0.2) is 0 Å². The summed E-state index contributed by atoms with van der Waals surface area (Å²) in [5.41, 5.74) is 1.95. The van der Waals surface area contributed by atoms with Crippen LogP contribution in [0.1, 0.15) is 5.56 Å². The molecule has 0 radical (unpaired) electrons. The summed E-state index contributed by atoms with van der Waals surface area (Å²) in [7, 11) is 0. The van der Waals surface area contributed by atoms with Crippen molar-refractivity contribution in [1.29, 1.82) is 0 Å². The van der Waals surface area contributed by atoms with E-state index < -0.39 is 12.1 Å². The van der Waals surface area contributed by atoms with Crippen LogP contribution < -0.4 is 10.2 Å². The van der Waals surface area contributed by atoms with E-state index in [-0.39, 0.29) is 38.5 Å². The second kappa shape index (κ2) is 9.14. The van der Waals surface area contributed by atoms with Crippen LogP contribution in [0.3, 0.4) is 0 Å². The van der Waals surface area contributed by atoms with Gasteiger partial charge in [-0.1, -0.05) is 35.3 Å². The van der Waals surface area contributed by atoms with Crippen LogP contribution in [0.4, 0.5) is 24.5 Å². The molecule has 1 N–H and O–H groups in total. The summed E-state index contributed by atoms with van der Waals surface area (Å²) in [6, 6.07) is 11.9. The van der Waals surface area contributed by atoms with Crippen LogP contribution in [0.15, 0.2) is 42.5 Å². The number of hydrogen-bond acceptors (Lipinski definition) is 3. The number of amides is 2. The summed E-state index contributed by atoms with van der Waals surface area (Å²) in [6.07, 6.45) is -4.70. The fourth-order valence-corrected chi connectivity index (χ4v) is 3.59. The molecule has 1 aliphatic rings. The van der Waals surface area contributed by atoms with Crippen molar-refractivity contribution < 1.29 is 22.8 Å². The number of hydrogen-bond donors (Lipinski definition) is 1. The topological polar surface area (TPSA) is 52.7 Å². The van der Waals surface area contributed by atoms with Gasteiger partial charge in [0.1, 0.15) is 0 Å². The number of carbonyl (C=O) groups is 2. The van der Waals surface area contributed by atoms with E-state index in [1.807, 2.05) is 4.90 Å². The Morgan fingerprint density at radius 1 is 0.967 bits per heavy atom. The molecule has 5 nitrogen and oxygen atoms in total. The number of benzene rings is 2.